The van der Waals surface area contributed by atoms with Crippen molar-refractivity contribution in [2.24, 2.45) is 4.99 Å². The Morgan fingerprint density at radius 1 is 0.962 bits per heavy atom. The summed E-state index contributed by atoms with van der Waals surface area (Å²) in [5, 5.41) is 10.1. The maximum Gasteiger partial charge on any atom is 0.191 e. The lowest BCUT2D eigenvalue weighted by Gasteiger charge is -2.14. The Morgan fingerprint density at radius 2 is 1.69 bits per heavy atom. The Balaban J connectivity index is 0.00000338. The van der Waals surface area contributed by atoms with Crippen LogP contribution in [0.25, 0.3) is 0 Å². The molecule has 0 saturated heterocycles. The molecule has 0 aliphatic carbocycles. The van der Waals surface area contributed by atoms with Crippen LogP contribution in [0.15, 0.2) is 53.7 Å². The molecule has 2 aromatic rings. The van der Waals surface area contributed by atoms with E-state index in [2.05, 4.69) is 57.1 Å². The van der Waals surface area contributed by atoms with E-state index in [1.54, 1.807) is 6.20 Å². The summed E-state index contributed by atoms with van der Waals surface area (Å²) in [5.41, 5.74) is 2.71. The van der Waals surface area contributed by atoms with Crippen LogP contribution < -0.4 is 16.0 Å². The molecule has 0 fully saturated rings. The second-order valence-corrected chi connectivity index (χ2v) is 5.82. The topological polar surface area (TPSA) is 61.3 Å². The van der Waals surface area contributed by atoms with Crippen LogP contribution in [0.2, 0.25) is 0 Å². The first-order valence-electron chi connectivity index (χ1n) is 8.99. The molecule has 1 aromatic heterocycles. The number of halogens is 1. The minimum Gasteiger partial charge on any atom is -0.370 e. The lowest BCUT2D eigenvalue weighted by Crippen LogP contribution is -2.37. The van der Waals surface area contributed by atoms with Crippen molar-refractivity contribution in [3.05, 3.63) is 59.8 Å². The van der Waals surface area contributed by atoms with Gasteiger partial charge in [0.05, 0.1) is 0 Å². The molecule has 0 aliphatic rings. The molecule has 26 heavy (non-hydrogen) atoms. The fourth-order valence-corrected chi connectivity index (χ4v) is 2.62. The quantitative estimate of drug-likeness (QED) is 0.227. The average Bonchev–Trinajstić information content (AvgIpc) is 2.68. The first-order chi connectivity index (χ1) is 12.3. The standard InChI is InChI=1S/C20H29N5.HI/c1-3-17-10-4-5-11-18(17)16-25-20(21-2)24-15-9-8-14-23-19-12-6-7-13-22-19;/h4-7,10-13H,3,8-9,14-16H2,1-2H3,(H,22,23)(H2,21,24,25);1H. The number of benzene rings is 1. The van der Waals surface area contributed by atoms with Gasteiger partial charge in [0.25, 0.3) is 0 Å². The van der Waals surface area contributed by atoms with E-state index in [0.29, 0.717) is 0 Å². The summed E-state index contributed by atoms with van der Waals surface area (Å²) >= 11 is 0. The molecule has 142 valence electrons. The van der Waals surface area contributed by atoms with Gasteiger partial charge in [-0.15, -0.1) is 24.0 Å². The highest BCUT2D eigenvalue weighted by Crippen LogP contribution is 2.08. The van der Waals surface area contributed by atoms with Gasteiger partial charge in [0.1, 0.15) is 5.82 Å². The van der Waals surface area contributed by atoms with Crippen molar-refractivity contribution in [2.45, 2.75) is 32.7 Å². The van der Waals surface area contributed by atoms with Gasteiger partial charge in [-0.3, -0.25) is 4.99 Å². The SMILES string of the molecule is CCc1ccccc1CNC(=NC)NCCCCNc1ccccn1.I. The van der Waals surface area contributed by atoms with E-state index in [4.69, 9.17) is 0 Å². The van der Waals surface area contributed by atoms with Gasteiger partial charge in [0.2, 0.25) is 0 Å². The smallest absolute Gasteiger partial charge is 0.191 e. The van der Waals surface area contributed by atoms with Gasteiger partial charge in [-0.2, -0.15) is 0 Å². The number of hydrogen-bond acceptors (Lipinski definition) is 3. The number of pyridine rings is 1. The second-order valence-electron chi connectivity index (χ2n) is 5.82. The molecule has 2 rings (SSSR count). The van der Waals surface area contributed by atoms with Gasteiger partial charge >= 0.3 is 0 Å². The van der Waals surface area contributed by atoms with Gasteiger partial charge in [0.15, 0.2) is 5.96 Å². The van der Waals surface area contributed by atoms with Crippen LogP contribution in [0, 0.1) is 0 Å². The summed E-state index contributed by atoms with van der Waals surface area (Å²) < 4.78 is 0. The number of anilines is 1. The zero-order chi connectivity index (χ0) is 17.7. The molecule has 0 unspecified atom stereocenters. The van der Waals surface area contributed by atoms with Crippen molar-refractivity contribution in [3.63, 3.8) is 0 Å². The number of guanidine groups is 1. The highest BCUT2D eigenvalue weighted by Gasteiger charge is 2.01. The van der Waals surface area contributed by atoms with Gasteiger partial charge < -0.3 is 16.0 Å². The van der Waals surface area contributed by atoms with Crippen LogP contribution in [-0.4, -0.2) is 31.1 Å². The molecular weight excluding hydrogens is 437 g/mol. The first-order valence-corrected chi connectivity index (χ1v) is 8.99. The van der Waals surface area contributed by atoms with Crippen molar-refractivity contribution < 1.29 is 0 Å². The molecule has 6 heteroatoms. The summed E-state index contributed by atoms with van der Waals surface area (Å²) in [6, 6.07) is 14.4. The molecule has 0 atom stereocenters. The summed E-state index contributed by atoms with van der Waals surface area (Å²) in [7, 11) is 1.81. The normalized spacial score (nSPS) is 10.8. The molecular formula is C20H30IN5. The van der Waals surface area contributed by atoms with Gasteiger partial charge in [-0.1, -0.05) is 37.3 Å². The number of nitrogens with one attached hydrogen (secondary N) is 3. The number of aryl methyl sites for hydroxylation is 1. The Hall–Kier alpha value is -1.83. The van der Waals surface area contributed by atoms with Crippen LogP contribution in [0.1, 0.15) is 30.9 Å². The predicted molar refractivity (Wildman–Crippen MR) is 121 cm³/mol. The largest absolute Gasteiger partial charge is 0.370 e. The number of unbranched alkanes of at least 4 members (excludes halogenated alkanes) is 1. The molecule has 0 amide bonds. The highest BCUT2D eigenvalue weighted by atomic mass is 127. The highest BCUT2D eigenvalue weighted by molar-refractivity contribution is 14.0. The molecule has 5 nitrogen and oxygen atoms in total. The first kappa shape index (κ1) is 22.2. The summed E-state index contributed by atoms with van der Waals surface area (Å²) in [5.74, 6) is 1.78. The van der Waals surface area contributed by atoms with E-state index in [1.165, 1.54) is 11.1 Å². The zero-order valence-corrected chi connectivity index (χ0v) is 18.0. The molecule has 3 N–H and O–H groups in total. The van der Waals surface area contributed by atoms with Crippen molar-refractivity contribution in [1.29, 1.82) is 0 Å². The van der Waals surface area contributed by atoms with E-state index in [1.807, 2.05) is 25.2 Å². The molecule has 0 bridgehead atoms. The van der Waals surface area contributed by atoms with Gasteiger partial charge in [-0.25, -0.2) is 4.98 Å². The maximum absolute atomic E-state index is 4.29. The van der Waals surface area contributed by atoms with Gasteiger partial charge in [-0.05, 0) is 42.5 Å². The lowest BCUT2D eigenvalue weighted by atomic mass is 10.1. The third-order valence-electron chi connectivity index (χ3n) is 4.04. The summed E-state index contributed by atoms with van der Waals surface area (Å²) in [6.45, 7) is 4.81. The molecule has 0 aliphatic heterocycles. The predicted octanol–water partition coefficient (Wildman–Crippen LogP) is 3.82. The average molecular weight is 467 g/mol. The Bertz CT molecular complexity index is 646. The Morgan fingerprint density at radius 3 is 2.38 bits per heavy atom. The van der Waals surface area contributed by atoms with Crippen LogP contribution in [-0.2, 0) is 13.0 Å². The van der Waals surface area contributed by atoms with Crippen molar-refractivity contribution in [1.82, 2.24) is 15.6 Å². The lowest BCUT2D eigenvalue weighted by molar-refractivity contribution is 0.710. The Kier molecular flexibility index (Phi) is 11.4. The summed E-state index contributed by atoms with van der Waals surface area (Å²) in [4.78, 5) is 8.54. The Labute approximate surface area is 174 Å². The third kappa shape index (κ3) is 8.03. The number of aliphatic imine (C=N–C) groups is 1. The van der Waals surface area contributed by atoms with Crippen molar-refractivity contribution in [3.8, 4) is 0 Å². The van der Waals surface area contributed by atoms with Crippen LogP contribution in [0.3, 0.4) is 0 Å². The van der Waals surface area contributed by atoms with Crippen LogP contribution in [0.5, 0.6) is 0 Å². The van der Waals surface area contributed by atoms with E-state index in [9.17, 15) is 0 Å². The van der Waals surface area contributed by atoms with E-state index < -0.39 is 0 Å². The van der Waals surface area contributed by atoms with E-state index >= 15 is 0 Å². The van der Waals surface area contributed by atoms with E-state index in [0.717, 1.165) is 50.7 Å². The zero-order valence-electron chi connectivity index (χ0n) is 15.7. The maximum atomic E-state index is 4.29. The van der Waals surface area contributed by atoms with Crippen molar-refractivity contribution >= 4 is 35.8 Å². The summed E-state index contributed by atoms with van der Waals surface area (Å²) in [6.07, 6.45) is 5.01. The monoisotopic (exact) mass is 467 g/mol. The van der Waals surface area contributed by atoms with Crippen LogP contribution in [0.4, 0.5) is 5.82 Å². The fraction of sp³-hybridized carbons (Fsp3) is 0.400. The molecule has 1 heterocycles. The number of aromatic nitrogens is 1. The minimum absolute atomic E-state index is 0. The van der Waals surface area contributed by atoms with Crippen LogP contribution >= 0.6 is 24.0 Å². The minimum atomic E-state index is 0. The molecule has 0 saturated carbocycles. The molecule has 0 spiro atoms. The fourth-order valence-electron chi connectivity index (χ4n) is 2.62. The third-order valence-corrected chi connectivity index (χ3v) is 4.04. The molecule has 1 aromatic carbocycles. The second kappa shape index (κ2) is 13.4. The number of nitrogens with zero attached hydrogens (tertiary/aromatic N) is 2. The van der Waals surface area contributed by atoms with Gasteiger partial charge in [0, 0.05) is 32.9 Å². The molecule has 0 radical (unpaired) electrons. The van der Waals surface area contributed by atoms with Crippen molar-refractivity contribution in [2.75, 3.05) is 25.5 Å². The number of rotatable bonds is 9. The van der Waals surface area contributed by atoms with E-state index in [-0.39, 0.29) is 24.0 Å². The number of hydrogen-bond donors (Lipinski definition) is 3.